The molecule has 5 nitrogen and oxygen atoms in total. The van der Waals surface area contributed by atoms with Gasteiger partial charge in [0, 0.05) is 5.56 Å². The fourth-order valence-electron chi connectivity index (χ4n) is 2.69. The SMILES string of the molecule is CC[C@H](C(=O)NCc1nc(-c2ccc(C)cc2)no1)c1ccccc1. The molecule has 0 spiro atoms. The summed E-state index contributed by atoms with van der Waals surface area (Å²) in [6.07, 6.45) is 0.730. The molecule has 128 valence electrons. The summed E-state index contributed by atoms with van der Waals surface area (Å²) >= 11 is 0. The summed E-state index contributed by atoms with van der Waals surface area (Å²) in [5.41, 5.74) is 3.07. The molecule has 0 saturated carbocycles. The summed E-state index contributed by atoms with van der Waals surface area (Å²) in [4.78, 5) is 16.8. The first-order chi connectivity index (χ1) is 12.2. The van der Waals surface area contributed by atoms with Crippen LogP contribution in [0.1, 0.15) is 36.3 Å². The van der Waals surface area contributed by atoms with E-state index >= 15 is 0 Å². The standard InChI is InChI=1S/C20H21N3O2/c1-3-17(15-7-5-4-6-8-15)20(24)21-13-18-22-19(23-25-18)16-11-9-14(2)10-12-16/h4-12,17H,3,13H2,1-2H3,(H,21,24)/t17-/m0/s1. The highest BCUT2D eigenvalue weighted by molar-refractivity contribution is 5.83. The Morgan fingerprint density at radius 2 is 1.84 bits per heavy atom. The first-order valence-corrected chi connectivity index (χ1v) is 8.39. The predicted molar refractivity (Wildman–Crippen MR) is 95.8 cm³/mol. The number of rotatable bonds is 6. The van der Waals surface area contributed by atoms with Gasteiger partial charge < -0.3 is 9.84 Å². The second-order valence-electron chi connectivity index (χ2n) is 5.97. The largest absolute Gasteiger partial charge is 0.346 e. The van der Waals surface area contributed by atoms with E-state index in [4.69, 9.17) is 4.52 Å². The van der Waals surface area contributed by atoms with Crippen molar-refractivity contribution in [3.05, 3.63) is 71.6 Å². The Hall–Kier alpha value is -2.95. The number of amides is 1. The molecule has 2 aromatic carbocycles. The summed E-state index contributed by atoms with van der Waals surface area (Å²) in [6.45, 7) is 4.25. The smallest absolute Gasteiger partial charge is 0.246 e. The van der Waals surface area contributed by atoms with Crippen molar-refractivity contribution in [3.63, 3.8) is 0 Å². The highest BCUT2D eigenvalue weighted by Crippen LogP contribution is 2.20. The minimum Gasteiger partial charge on any atom is -0.346 e. The van der Waals surface area contributed by atoms with Crippen LogP contribution in [0.3, 0.4) is 0 Å². The van der Waals surface area contributed by atoms with Crippen molar-refractivity contribution in [2.45, 2.75) is 32.7 Å². The lowest BCUT2D eigenvalue weighted by Gasteiger charge is -2.14. The fourth-order valence-corrected chi connectivity index (χ4v) is 2.69. The summed E-state index contributed by atoms with van der Waals surface area (Å²) in [7, 11) is 0. The third-order valence-electron chi connectivity index (χ3n) is 4.12. The number of benzene rings is 2. The lowest BCUT2D eigenvalue weighted by molar-refractivity contribution is -0.122. The van der Waals surface area contributed by atoms with Gasteiger partial charge in [-0.1, -0.05) is 72.2 Å². The lowest BCUT2D eigenvalue weighted by atomic mass is 9.96. The molecule has 1 atom stereocenters. The predicted octanol–water partition coefficient (Wildman–Crippen LogP) is 3.86. The molecule has 1 N–H and O–H groups in total. The van der Waals surface area contributed by atoms with E-state index in [2.05, 4.69) is 15.5 Å². The molecule has 0 aliphatic rings. The highest BCUT2D eigenvalue weighted by atomic mass is 16.5. The molecule has 5 heteroatoms. The van der Waals surface area contributed by atoms with E-state index in [9.17, 15) is 4.79 Å². The molecule has 0 bridgehead atoms. The molecule has 3 rings (SSSR count). The highest BCUT2D eigenvalue weighted by Gasteiger charge is 2.19. The van der Waals surface area contributed by atoms with Crippen molar-refractivity contribution in [1.82, 2.24) is 15.5 Å². The van der Waals surface area contributed by atoms with Gasteiger partial charge in [0.2, 0.25) is 17.6 Å². The van der Waals surface area contributed by atoms with E-state index in [1.165, 1.54) is 5.56 Å². The fraction of sp³-hybridized carbons (Fsp3) is 0.250. The minimum absolute atomic E-state index is 0.0382. The Bertz CT molecular complexity index is 826. The van der Waals surface area contributed by atoms with Crippen LogP contribution >= 0.6 is 0 Å². The van der Waals surface area contributed by atoms with Gasteiger partial charge in [0.1, 0.15) is 0 Å². The summed E-state index contributed by atoms with van der Waals surface area (Å²) < 4.78 is 5.24. The Morgan fingerprint density at radius 3 is 2.52 bits per heavy atom. The number of nitrogens with zero attached hydrogens (tertiary/aromatic N) is 2. The molecule has 1 heterocycles. The van der Waals surface area contributed by atoms with Crippen LogP contribution in [0.4, 0.5) is 0 Å². The number of aryl methyl sites for hydroxylation is 1. The lowest BCUT2D eigenvalue weighted by Crippen LogP contribution is -2.28. The number of hydrogen-bond donors (Lipinski definition) is 1. The van der Waals surface area contributed by atoms with E-state index in [0.29, 0.717) is 11.7 Å². The van der Waals surface area contributed by atoms with Crippen molar-refractivity contribution >= 4 is 5.91 Å². The van der Waals surface area contributed by atoms with Crippen LogP contribution in [-0.2, 0) is 11.3 Å². The first kappa shape index (κ1) is 16.9. The van der Waals surface area contributed by atoms with Gasteiger partial charge in [-0.15, -0.1) is 0 Å². The van der Waals surface area contributed by atoms with Crippen LogP contribution in [0.5, 0.6) is 0 Å². The Labute approximate surface area is 147 Å². The maximum atomic E-state index is 12.5. The Kier molecular flexibility index (Phi) is 5.23. The quantitative estimate of drug-likeness (QED) is 0.743. The third-order valence-corrected chi connectivity index (χ3v) is 4.12. The number of carbonyl (C=O) groups is 1. The molecule has 0 unspecified atom stereocenters. The average molecular weight is 335 g/mol. The van der Waals surface area contributed by atoms with Crippen molar-refractivity contribution < 1.29 is 9.32 Å². The molecule has 3 aromatic rings. The number of hydrogen-bond acceptors (Lipinski definition) is 4. The normalized spacial score (nSPS) is 11.9. The van der Waals surface area contributed by atoms with Crippen molar-refractivity contribution in [3.8, 4) is 11.4 Å². The first-order valence-electron chi connectivity index (χ1n) is 8.39. The zero-order chi connectivity index (χ0) is 17.6. The zero-order valence-electron chi connectivity index (χ0n) is 14.4. The van der Waals surface area contributed by atoms with Crippen LogP contribution in [0.25, 0.3) is 11.4 Å². The summed E-state index contributed by atoms with van der Waals surface area (Å²) in [5, 5.41) is 6.87. The van der Waals surface area contributed by atoms with E-state index in [-0.39, 0.29) is 18.4 Å². The van der Waals surface area contributed by atoms with E-state index in [1.807, 2.05) is 68.4 Å². The van der Waals surface area contributed by atoms with Gasteiger partial charge in [-0.05, 0) is 18.9 Å². The topological polar surface area (TPSA) is 68.0 Å². The third kappa shape index (κ3) is 4.12. The molecule has 1 amide bonds. The zero-order valence-corrected chi connectivity index (χ0v) is 14.4. The summed E-state index contributed by atoms with van der Waals surface area (Å²) in [6, 6.07) is 17.7. The van der Waals surface area contributed by atoms with Gasteiger partial charge in [0.15, 0.2) is 0 Å². The van der Waals surface area contributed by atoms with E-state index in [0.717, 1.165) is 17.5 Å². The molecule has 25 heavy (non-hydrogen) atoms. The number of carbonyl (C=O) groups excluding carboxylic acids is 1. The monoisotopic (exact) mass is 335 g/mol. The molecular weight excluding hydrogens is 314 g/mol. The van der Waals surface area contributed by atoms with Crippen LogP contribution in [-0.4, -0.2) is 16.0 Å². The average Bonchev–Trinajstić information content (AvgIpc) is 3.11. The van der Waals surface area contributed by atoms with E-state index < -0.39 is 0 Å². The molecule has 0 aliphatic heterocycles. The second kappa shape index (κ2) is 7.75. The number of aromatic nitrogens is 2. The van der Waals surface area contributed by atoms with E-state index in [1.54, 1.807) is 0 Å². The molecule has 0 saturated heterocycles. The second-order valence-corrected chi connectivity index (χ2v) is 5.97. The van der Waals surface area contributed by atoms with Crippen molar-refractivity contribution in [1.29, 1.82) is 0 Å². The molecular formula is C20H21N3O2. The van der Waals surface area contributed by atoms with Crippen molar-refractivity contribution in [2.24, 2.45) is 0 Å². The summed E-state index contributed by atoms with van der Waals surface area (Å²) in [5.74, 6) is 0.704. The molecule has 1 aromatic heterocycles. The van der Waals surface area contributed by atoms with Gasteiger partial charge in [0.05, 0.1) is 12.5 Å². The van der Waals surface area contributed by atoms with Gasteiger partial charge in [-0.2, -0.15) is 4.98 Å². The van der Waals surface area contributed by atoms with Crippen LogP contribution in [0.2, 0.25) is 0 Å². The van der Waals surface area contributed by atoms with Crippen LogP contribution < -0.4 is 5.32 Å². The maximum Gasteiger partial charge on any atom is 0.246 e. The van der Waals surface area contributed by atoms with Crippen LogP contribution in [0.15, 0.2) is 59.1 Å². The molecule has 0 aliphatic carbocycles. The Balaban J connectivity index is 1.63. The van der Waals surface area contributed by atoms with Gasteiger partial charge in [0.25, 0.3) is 0 Å². The molecule has 0 radical (unpaired) electrons. The van der Waals surface area contributed by atoms with Gasteiger partial charge in [-0.3, -0.25) is 4.79 Å². The van der Waals surface area contributed by atoms with Crippen LogP contribution in [0, 0.1) is 6.92 Å². The molecule has 0 fully saturated rings. The number of nitrogens with one attached hydrogen (secondary N) is 1. The maximum absolute atomic E-state index is 12.5. The minimum atomic E-state index is -0.180. The van der Waals surface area contributed by atoms with Gasteiger partial charge in [-0.25, -0.2) is 0 Å². The van der Waals surface area contributed by atoms with Gasteiger partial charge >= 0.3 is 0 Å². The Morgan fingerprint density at radius 1 is 1.12 bits per heavy atom. The van der Waals surface area contributed by atoms with Crippen molar-refractivity contribution in [2.75, 3.05) is 0 Å².